The molecule has 10 heteroatoms. The molecule has 0 fully saturated rings. The van der Waals surface area contributed by atoms with Gasteiger partial charge in [0.2, 0.25) is 5.91 Å². The van der Waals surface area contributed by atoms with E-state index >= 15 is 0 Å². The lowest BCUT2D eigenvalue weighted by molar-refractivity contribution is -0.142. The highest BCUT2D eigenvalue weighted by molar-refractivity contribution is 8.00. The Kier molecular flexibility index (Phi) is 6.29. The maximum atomic E-state index is 12.3. The minimum absolute atomic E-state index is 0.0743. The fraction of sp³-hybridized carbons (Fsp3) is 0.267. The first-order chi connectivity index (χ1) is 11.8. The van der Waals surface area contributed by atoms with Crippen LogP contribution in [-0.2, 0) is 14.4 Å². The molecule has 1 unspecified atom stereocenters. The predicted octanol–water partition coefficient (Wildman–Crippen LogP) is 0.453. The average molecular weight is 386 g/mol. The maximum absolute atomic E-state index is 12.3. The summed E-state index contributed by atoms with van der Waals surface area (Å²) < 4.78 is 0. The van der Waals surface area contributed by atoms with E-state index in [-0.39, 0.29) is 16.5 Å². The number of nitrogens with two attached hydrogens (primary N) is 1. The third-order valence-corrected chi connectivity index (χ3v) is 5.15. The molecule has 0 bridgehead atoms. The van der Waals surface area contributed by atoms with Gasteiger partial charge in [-0.1, -0.05) is 41.9 Å². The Morgan fingerprint density at radius 2 is 1.92 bits per heavy atom. The third-order valence-electron chi connectivity index (χ3n) is 3.47. The summed E-state index contributed by atoms with van der Waals surface area (Å²) in [5.41, 5.74) is 6.11. The highest BCUT2D eigenvalue weighted by Gasteiger charge is 2.36. The van der Waals surface area contributed by atoms with Gasteiger partial charge in [0.15, 0.2) is 6.04 Å². The number of carboxylic acids is 2. The fourth-order valence-electron chi connectivity index (χ4n) is 2.18. The number of hydrogen-bond donors (Lipinski definition) is 5. The van der Waals surface area contributed by atoms with E-state index in [4.69, 9.17) is 22.4 Å². The first kappa shape index (κ1) is 19.1. The van der Waals surface area contributed by atoms with Crippen LogP contribution in [0.15, 0.2) is 41.1 Å². The number of carboxylic acid groups (broad SMARTS) is 2. The zero-order valence-corrected chi connectivity index (χ0v) is 14.4. The lowest BCUT2D eigenvalue weighted by Gasteiger charge is -2.30. The molecule has 1 aliphatic heterocycles. The number of carbonyl (C=O) groups excluding carboxylic acids is 1. The summed E-state index contributed by atoms with van der Waals surface area (Å²) in [7, 11) is 0. The molecule has 3 atom stereocenters. The lowest BCUT2D eigenvalue weighted by atomic mass is 10.1. The van der Waals surface area contributed by atoms with Gasteiger partial charge in [0.25, 0.3) is 0 Å². The number of hydrogen-bond acceptors (Lipinski definition) is 6. The SMILES string of the molecule is NC(C(=O)N[C@H](C(=O)O)[C@@H]1NC(C(=O)O)=C(Cl)CS1)c1ccccc1. The summed E-state index contributed by atoms with van der Waals surface area (Å²) in [6, 6.07) is 6.06. The van der Waals surface area contributed by atoms with Crippen molar-refractivity contribution in [3.63, 3.8) is 0 Å². The van der Waals surface area contributed by atoms with E-state index in [0.717, 1.165) is 11.8 Å². The Hall–Kier alpha value is -2.23. The molecule has 0 saturated heterocycles. The highest BCUT2D eigenvalue weighted by Crippen LogP contribution is 2.27. The van der Waals surface area contributed by atoms with E-state index in [0.29, 0.717) is 5.56 Å². The highest BCUT2D eigenvalue weighted by atomic mass is 35.5. The standard InChI is InChI=1S/C15H16ClN3O5S/c16-8-6-25-13(19-10(8)14(21)22)11(15(23)24)18-12(20)9(17)7-4-2-1-3-5-7/h1-5,9,11,13,19H,6,17H2,(H,18,20)(H,21,22)(H,23,24)/t9?,11-,13+/m0/s1. The van der Waals surface area contributed by atoms with Gasteiger partial charge in [-0.3, -0.25) is 4.79 Å². The van der Waals surface area contributed by atoms with Crippen LogP contribution in [0.25, 0.3) is 0 Å². The summed E-state index contributed by atoms with van der Waals surface area (Å²) in [6.45, 7) is 0. The molecule has 1 amide bonds. The van der Waals surface area contributed by atoms with Crippen molar-refractivity contribution in [2.75, 3.05) is 5.75 Å². The van der Waals surface area contributed by atoms with Gasteiger partial charge in [0.1, 0.15) is 17.1 Å². The summed E-state index contributed by atoms with van der Waals surface area (Å²) in [5.74, 6) is -3.18. The van der Waals surface area contributed by atoms with E-state index in [1.165, 1.54) is 0 Å². The molecule has 134 valence electrons. The average Bonchev–Trinajstić information content (AvgIpc) is 2.59. The quantitative estimate of drug-likeness (QED) is 0.475. The van der Waals surface area contributed by atoms with Crippen molar-refractivity contribution in [1.82, 2.24) is 10.6 Å². The molecule has 1 heterocycles. The number of thioether (sulfide) groups is 1. The van der Waals surface area contributed by atoms with E-state index in [9.17, 15) is 19.5 Å². The third kappa shape index (κ3) is 4.65. The van der Waals surface area contributed by atoms with Crippen molar-refractivity contribution in [1.29, 1.82) is 0 Å². The molecule has 6 N–H and O–H groups in total. The zero-order chi connectivity index (χ0) is 18.6. The second kappa shape index (κ2) is 8.24. The van der Waals surface area contributed by atoms with Crippen LogP contribution in [-0.4, -0.2) is 45.2 Å². The van der Waals surface area contributed by atoms with Crippen molar-refractivity contribution < 1.29 is 24.6 Å². The van der Waals surface area contributed by atoms with Gasteiger partial charge in [0.05, 0.1) is 5.03 Å². The Bertz CT molecular complexity index is 712. The van der Waals surface area contributed by atoms with Crippen molar-refractivity contribution in [2.45, 2.75) is 17.5 Å². The minimum Gasteiger partial charge on any atom is -0.480 e. The summed E-state index contributed by atoms with van der Waals surface area (Å²) in [6.07, 6.45) is 0. The van der Waals surface area contributed by atoms with Crippen LogP contribution in [0.5, 0.6) is 0 Å². The number of aliphatic carboxylic acids is 2. The van der Waals surface area contributed by atoms with Gasteiger partial charge in [-0.15, -0.1) is 11.8 Å². The fourth-order valence-corrected chi connectivity index (χ4v) is 3.55. The van der Waals surface area contributed by atoms with Gasteiger partial charge < -0.3 is 26.6 Å². The van der Waals surface area contributed by atoms with Gasteiger partial charge in [-0.05, 0) is 5.56 Å². The normalized spacial score (nSPS) is 19.5. The largest absolute Gasteiger partial charge is 0.480 e. The smallest absolute Gasteiger partial charge is 0.353 e. The minimum atomic E-state index is -1.38. The zero-order valence-electron chi connectivity index (χ0n) is 12.8. The molecule has 25 heavy (non-hydrogen) atoms. The number of carbonyl (C=O) groups is 3. The van der Waals surface area contributed by atoms with Gasteiger partial charge in [-0.25, -0.2) is 9.59 Å². The van der Waals surface area contributed by atoms with Gasteiger partial charge >= 0.3 is 11.9 Å². The van der Waals surface area contributed by atoms with Crippen LogP contribution < -0.4 is 16.4 Å². The van der Waals surface area contributed by atoms with E-state index in [1.54, 1.807) is 30.3 Å². The molecule has 0 radical (unpaired) electrons. The summed E-state index contributed by atoms with van der Waals surface area (Å²) in [5, 5.41) is 22.6. The monoisotopic (exact) mass is 385 g/mol. The number of nitrogens with one attached hydrogen (secondary N) is 2. The lowest BCUT2D eigenvalue weighted by Crippen LogP contribution is -2.55. The Morgan fingerprint density at radius 3 is 2.48 bits per heavy atom. The molecule has 2 rings (SSSR count). The predicted molar refractivity (Wildman–Crippen MR) is 92.8 cm³/mol. The van der Waals surface area contributed by atoms with Crippen LogP contribution in [0.4, 0.5) is 0 Å². The van der Waals surface area contributed by atoms with Crippen LogP contribution in [0, 0.1) is 0 Å². The van der Waals surface area contributed by atoms with Crippen LogP contribution in [0.1, 0.15) is 11.6 Å². The Morgan fingerprint density at radius 1 is 1.28 bits per heavy atom. The van der Waals surface area contributed by atoms with Crippen molar-refractivity contribution in [2.24, 2.45) is 5.73 Å². The first-order valence-electron chi connectivity index (χ1n) is 7.15. The Balaban J connectivity index is 2.13. The molecule has 0 aliphatic carbocycles. The molecule has 0 spiro atoms. The number of halogens is 1. The number of rotatable bonds is 6. The first-order valence-corrected chi connectivity index (χ1v) is 8.57. The van der Waals surface area contributed by atoms with Crippen LogP contribution in [0.3, 0.4) is 0 Å². The van der Waals surface area contributed by atoms with Crippen molar-refractivity contribution in [3.05, 3.63) is 46.6 Å². The molecular weight excluding hydrogens is 370 g/mol. The molecule has 0 saturated carbocycles. The second-order valence-electron chi connectivity index (χ2n) is 5.17. The van der Waals surface area contributed by atoms with E-state index in [1.807, 2.05) is 0 Å². The van der Waals surface area contributed by atoms with E-state index < -0.39 is 35.3 Å². The molecule has 8 nitrogen and oxygen atoms in total. The van der Waals surface area contributed by atoms with Crippen LogP contribution in [0.2, 0.25) is 0 Å². The molecule has 1 aromatic carbocycles. The molecule has 1 aliphatic rings. The molecule has 1 aromatic rings. The number of benzene rings is 1. The van der Waals surface area contributed by atoms with Crippen molar-refractivity contribution in [3.8, 4) is 0 Å². The van der Waals surface area contributed by atoms with E-state index in [2.05, 4.69) is 10.6 Å². The topological polar surface area (TPSA) is 142 Å². The molecule has 0 aromatic heterocycles. The maximum Gasteiger partial charge on any atom is 0.353 e. The van der Waals surface area contributed by atoms with Gasteiger partial charge in [0, 0.05) is 5.75 Å². The summed E-state index contributed by atoms with van der Waals surface area (Å²) in [4.78, 5) is 35.0. The van der Waals surface area contributed by atoms with Crippen LogP contribution >= 0.6 is 23.4 Å². The van der Waals surface area contributed by atoms with Crippen molar-refractivity contribution >= 4 is 41.2 Å². The van der Waals surface area contributed by atoms with Gasteiger partial charge in [-0.2, -0.15) is 0 Å². The summed E-state index contributed by atoms with van der Waals surface area (Å²) >= 11 is 6.90. The second-order valence-corrected chi connectivity index (χ2v) is 6.76. The Labute approximate surface area is 152 Å². The number of amides is 1. The molecular formula is C15H16ClN3O5S.